The molecule has 1 unspecified atom stereocenters. The third-order valence-corrected chi connectivity index (χ3v) is 4.31. The molecule has 2 N–H and O–H groups in total. The summed E-state index contributed by atoms with van der Waals surface area (Å²) in [5.41, 5.74) is 0.796. The van der Waals surface area contributed by atoms with Gasteiger partial charge in [-0.05, 0) is 54.1 Å². The highest BCUT2D eigenvalue weighted by Crippen LogP contribution is 2.18. The van der Waals surface area contributed by atoms with Crippen LogP contribution >= 0.6 is 22.6 Å². The molecule has 1 heterocycles. The summed E-state index contributed by atoms with van der Waals surface area (Å²) in [4.78, 5) is 24.9. The molecule has 0 bridgehead atoms. The lowest BCUT2D eigenvalue weighted by Gasteiger charge is -2.29. The van der Waals surface area contributed by atoms with E-state index in [-0.39, 0.29) is 18.4 Å². The Morgan fingerprint density at radius 2 is 2.15 bits per heavy atom. The summed E-state index contributed by atoms with van der Waals surface area (Å²) in [6.07, 6.45) is 1.52. The Balaban J connectivity index is 1.88. The van der Waals surface area contributed by atoms with Crippen LogP contribution in [0.5, 0.6) is 0 Å². The van der Waals surface area contributed by atoms with Crippen LogP contribution in [-0.4, -0.2) is 41.5 Å². The van der Waals surface area contributed by atoms with Gasteiger partial charge in [0, 0.05) is 10.1 Å². The van der Waals surface area contributed by atoms with Crippen molar-refractivity contribution in [3.05, 3.63) is 27.8 Å². The van der Waals surface area contributed by atoms with Crippen LogP contribution < -0.4 is 5.32 Å². The number of carbonyl (C=O) groups excluding carboxylic acids is 1. The number of piperidine rings is 1. The summed E-state index contributed by atoms with van der Waals surface area (Å²) in [5.74, 6) is -1.22. The fraction of sp³-hybridized carbons (Fsp3) is 0.429. The monoisotopic (exact) mass is 388 g/mol. The molecule has 1 aliphatic heterocycles. The summed E-state index contributed by atoms with van der Waals surface area (Å²) >= 11 is 2.17. The van der Waals surface area contributed by atoms with Gasteiger partial charge in [0.1, 0.15) is 0 Å². The van der Waals surface area contributed by atoms with E-state index in [1.165, 1.54) is 0 Å². The molecule has 1 amide bonds. The number of likely N-dealkylation sites (tertiary alicyclic amines) is 1. The zero-order chi connectivity index (χ0) is 14.5. The van der Waals surface area contributed by atoms with Crippen molar-refractivity contribution in [2.45, 2.75) is 12.8 Å². The number of nitrogens with one attached hydrogen (secondary N) is 1. The molecule has 1 saturated heterocycles. The van der Waals surface area contributed by atoms with E-state index < -0.39 is 5.97 Å². The van der Waals surface area contributed by atoms with Crippen LogP contribution in [0.3, 0.4) is 0 Å². The number of para-hydroxylation sites is 1. The van der Waals surface area contributed by atoms with Crippen LogP contribution in [0.4, 0.5) is 5.69 Å². The van der Waals surface area contributed by atoms with Crippen molar-refractivity contribution in [3.63, 3.8) is 0 Å². The number of nitrogens with zero attached hydrogens (tertiary/aromatic N) is 1. The standard InChI is InChI=1S/C14H17IN2O3/c15-11-5-1-2-6-12(11)16-13(18)9-17-7-3-4-10(8-17)14(19)20/h1-2,5-6,10H,3-4,7-9H2,(H,16,18)(H,19,20). The molecule has 1 atom stereocenters. The van der Waals surface area contributed by atoms with Crippen molar-refractivity contribution in [2.75, 3.05) is 25.0 Å². The molecule has 1 aliphatic rings. The molecule has 0 saturated carbocycles. The Morgan fingerprint density at radius 1 is 1.40 bits per heavy atom. The fourth-order valence-corrected chi connectivity index (χ4v) is 2.88. The van der Waals surface area contributed by atoms with E-state index in [0.29, 0.717) is 13.0 Å². The zero-order valence-electron chi connectivity index (χ0n) is 11.0. The van der Waals surface area contributed by atoms with Crippen molar-refractivity contribution in [1.82, 2.24) is 4.90 Å². The third kappa shape index (κ3) is 4.17. The predicted octanol–water partition coefficient (Wildman–Crippen LogP) is 2.03. The Morgan fingerprint density at radius 3 is 2.85 bits per heavy atom. The average molecular weight is 388 g/mol. The quantitative estimate of drug-likeness (QED) is 0.775. The molecular weight excluding hydrogens is 371 g/mol. The molecule has 0 aliphatic carbocycles. The molecule has 2 rings (SSSR count). The van der Waals surface area contributed by atoms with Gasteiger partial charge in [-0.15, -0.1) is 0 Å². The van der Waals surface area contributed by atoms with E-state index >= 15 is 0 Å². The lowest BCUT2D eigenvalue weighted by Crippen LogP contribution is -2.42. The van der Waals surface area contributed by atoms with Gasteiger partial charge in [0.25, 0.3) is 0 Å². The average Bonchev–Trinajstić information content (AvgIpc) is 2.41. The summed E-state index contributed by atoms with van der Waals surface area (Å²) in [6, 6.07) is 7.58. The lowest BCUT2D eigenvalue weighted by molar-refractivity contribution is -0.144. The Kier molecular flexibility index (Phi) is 5.36. The van der Waals surface area contributed by atoms with Crippen LogP contribution in [0.25, 0.3) is 0 Å². The smallest absolute Gasteiger partial charge is 0.307 e. The number of benzene rings is 1. The number of aliphatic carboxylic acids is 1. The van der Waals surface area contributed by atoms with Crippen molar-refractivity contribution in [2.24, 2.45) is 5.92 Å². The highest BCUT2D eigenvalue weighted by molar-refractivity contribution is 14.1. The zero-order valence-corrected chi connectivity index (χ0v) is 13.2. The van der Waals surface area contributed by atoms with Crippen LogP contribution in [0.1, 0.15) is 12.8 Å². The number of rotatable bonds is 4. The van der Waals surface area contributed by atoms with Crippen molar-refractivity contribution in [3.8, 4) is 0 Å². The van der Waals surface area contributed by atoms with Gasteiger partial charge in [0.05, 0.1) is 18.2 Å². The maximum Gasteiger partial charge on any atom is 0.307 e. The van der Waals surface area contributed by atoms with E-state index in [4.69, 9.17) is 5.11 Å². The summed E-state index contributed by atoms with van der Waals surface area (Å²) in [5, 5.41) is 11.9. The van der Waals surface area contributed by atoms with Crippen molar-refractivity contribution >= 4 is 40.2 Å². The van der Waals surface area contributed by atoms with E-state index in [1.54, 1.807) is 0 Å². The molecule has 108 valence electrons. The van der Waals surface area contributed by atoms with Gasteiger partial charge in [-0.25, -0.2) is 0 Å². The minimum absolute atomic E-state index is 0.0971. The van der Waals surface area contributed by atoms with E-state index in [1.807, 2.05) is 29.2 Å². The molecule has 1 aromatic rings. The number of hydrogen-bond acceptors (Lipinski definition) is 3. The van der Waals surface area contributed by atoms with Gasteiger partial charge in [0.15, 0.2) is 0 Å². The van der Waals surface area contributed by atoms with Gasteiger partial charge < -0.3 is 10.4 Å². The molecule has 0 radical (unpaired) electrons. The van der Waals surface area contributed by atoms with Crippen molar-refractivity contribution < 1.29 is 14.7 Å². The predicted molar refractivity (Wildman–Crippen MR) is 84.6 cm³/mol. The largest absolute Gasteiger partial charge is 0.481 e. The maximum atomic E-state index is 12.0. The van der Waals surface area contributed by atoms with Crippen LogP contribution in [-0.2, 0) is 9.59 Å². The number of amides is 1. The van der Waals surface area contributed by atoms with E-state index in [2.05, 4.69) is 27.9 Å². The van der Waals surface area contributed by atoms with Gasteiger partial charge in [-0.3, -0.25) is 14.5 Å². The first-order valence-electron chi connectivity index (χ1n) is 6.56. The number of carboxylic acids is 1. The molecule has 6 heteroatoms. The normalized spacial score (nSPS) is 19.6. The third-order valence-electron chi connectivity index (χ3n) is 3.37. The summed E-state index contributed by atoms with van der Waals surface area (Å²) in [6.45, 7) is 1.48. The molecule has 0 aromatic heterocycles. The second kappa shape index (κ2) is 7.03. The number of anilines is 1. The fourth-order valence-electron chi connectivity index (χ4n) is 2.36. The second-order valence-electron chi connectivity index (χ2n) is 4.94. The molecule has 20 heavy (non-hydrogen) atoms. The van der Waals surface area contributed by atoms with Crippen molar-refractivity contribution in [1.29, 1.82) is 0 Å². The van der Waals surface area contributed by atoms with E-state index in [0.717, 1.165) is 22.2 Å². The van der Waals surface area contributed by atoms with E-state index in [9.17, 15) is 9.59 Å². The molecule has 5 nitrogen and oxygen atoms in total. The maximum absolute atomic E-state index is 12.0. The van der Waals surface area contributed by atoms with Gasteiger partial charge in [0.2, 0.25) is 5.91 Å². The Labute approximate surface area is 131 Å². The molecule has 0 spiro atoms. The second-order valence-corrected chi connectivity index (χ2v) is 6.10. The molecule has 1 fully saturated rings. The topological polar surface area (TPSA) is 69.6 Å². The highest BCUT2D eigenvalue weighted by atomic mass is 127. The Hall–Kier alpha value is -1.15. The number of carbonyl (C=O) groups is 2. The number of hydrogen-bond donors (Lipinski definition) is 2. The number of carboxylic acid groups (broad SMARTS) is 1. The number of halogens is 1. The minimum atomic E-state index is -0.771. The first-order chi connectivity index (χ1) is 9.56. The highest BCUT2D eigenvalue weighted by Gasteiger charge is 2.26. The van der Waals surface area contributed by atoms with Crippen LogP contribution in [0.15, 0.2) is 24.3 Å². The van der Waals surface area contributed by atoms with Gasteiger partial charge >= 0.3 is 5.97 Å². The van der Waals surface area contributed by atoms with Crippen LogP contribution in [0.2, 0.25) is 0 Å². The summed E-state index contributed by atoms with van der Waals surface area (Å²) in [7, 11) is 0. The van der Waals surface area contributed by atoms with Gasteiger partial charge in [-0.1, -0.05) is 12.1 Å². The Bertz CT molecular complexity index is 507. The lowest BCUT2D eigenvalue weighted by atomic mass is 9.98. The molecular formula is C14H17IN2O3. The molecule has 1 aromatic carbocycles. The van der Waals surface area contributed by atoms with Crippen LogP contribution in [0, 0.1) is 9.49 Å². The first-order valence-corrected chi connectivity index (χ1v) is 7.63. The van der Waals surface area contributed by atoms with Gasteiger partial charge in [-0.2, -0.15) is 0 Å². The summed E-state index contributed by atoms with van der Waals surface area (Å²) < 4.78 is 0.987. The minimum Gasteiger partial charge on any atom is -0.481 e. The first kappa shape index (κ1) is 15.2. The SMILES string of the molecule is O=C(CN1CCCC(C(=O)O)C1)Nc1ccccc1I.